The van der Waals surface area contributed by atoms with E-state index >= 15 is 0 Å². The molecule has 22 heavy (non-hydrogen) atoms. The number of benzene rings is 1. The largest absolute Gasteiger partial charge is 0.350 e. The molecule has 3 rings (SSSR count). The van der Waals surface area contributed by atoms with Crippen molar-refractivity contribution in [3.05, 3.63) is 57.3 Å². The van der Waals surface area contributed by atoms with E-state index in [1.54, 1.807) is 11.3 Å². The van der Waals surface area contributed by atoms with Crippen LogP contribution in [0.4, 0.5) is 0 Å². The Labute approximate surface area is 136 Å². The first kappa shape index (κ1) is 15.3. The number of amides is 1. The fourth-order valence-corrected chi connectivity index (χ4v) is 4.21. The van der Waals surface area contributed by atoms with Crippen LogP contribution in [0.1, 0.15) is 52.5 Å². The number of carbonyl (C=O) groups is 1. The van der Waals surface area contributed by atoms with Crippen molar-refractivity contribution in [2.45, 2.75) is 51.5 Å². The van der Waals surface area contributed by atoms with Crippen LogP contribution in [0, 0.1) is 0 Å². The summed E-state index contributed by atoms with van der Waals surface area (Å²) in [4.78, 5) is 13.9. The highest BCUT2D eigenvalue weighted by Crippen LogP contribution is 2.30. The van der Waals surface area contributed by atoms with E-state index in [2.05, 4.69) is 41.9 Å². The second kappa shape index (κ2) is 7.10. The lowest BCUT2D eigenvalue weighted by molar-refractivity contribution is 0.0938. The second-order valence-electron chi connectivity index (χ2n) is 6.16. The lowest BCUT2D eigenvalue weighted by atomic mass is 9.95. The lowest BCUT2D eigenvalue weighted by Crippen LogP contribution is -2.33. The first-order chi connectivity index (χ1) is 10.7. The lowest BCUT2D eigenvalue weighted by Gasteiger charge is -2.16. The van der Waals surface area contributed by atoms with E-state index in [4.69, 9.17) is 0 Å². The topological polar surface area (TPSA) is 29.1 Å². The average molecular weight is 313 g/mol. The molecule has 1 aliphatic rings. The van der Waals surface area contributed by atoms with Crippen LogP contribution in [0.5, 0.6) is 0 Å². The zero-order valence-electron chi connectivity index (χ0n) is 13.1. The van der Waals surface area contributed by atoms with Crippen LogP contribution in [0.25, 0.3) is 0 Å². The van der Waals surface area contributed by atoms with Crippen LogP contribution in [-0.2, 0) is 19.3 Å². The molecule has 1 unspecified atom stereocenters. The minimum absolute atomic E-state index is 0.111. The van der Waals surface area contributed by atoms with Crippen molar-refractivity contribution in [1.29, 1.82) is 0 Å². The van der Waals surface area contributed by atoms with Gasteiger partial charge in [0.05, 0.1) is 5.56 Å². The summed E-state index contributed by atoms with van der Waals surface area (Å²) in [5.74, 6) is 0.111. The van der Waals surface area contributed by atoms with Gasteiger partial charge in [0, 0.05) is 16.3 Å². The summed E-state index contributed by atoms with van der Waals surface area (Å²) in [5.41, 5.74) is 3.56. The molecule has 0 bridgehead atoms. The molecule has 1 N–H and O–H groups in total. The molecule has 0 radical (unpaired) electrons. The van der Waals surface area contributed by atoms with Gasteiger partial charge >= 0.3 is 0 Å². The summed E-state index contributed by atoms with van der Waals surface area (Å²) in [6.07, 6.45) is 6.68. The van der Waals surface area contributed by atoms with Crippen LogP contribution in [0.15, 0.2) is 35.7 Å². The van der Waals surface area contributed by atoms with Crippen molar-refractivity contribution in [3.8, 4) is 0 Å². The van der Waals surface area contributed by atoms with Crippen molar-refractivity contribution < 1.29 is 4.79 Å². The van der Waals surface area contributed by atoms with Gasteiger partial charge in [0.25, 0.3) is 5.91 Å². The monoisotopic (exact) mass is 313 g/mol. The van der Waals surface area contributed by atoms with Gasteiger partial charge in [-0.05, 0) is 56.6 Å². The molecule has 2 aromatic rings. The van der Waals surface area contributed by atoms with Crippen LogP contribution in [0.3, 0.4) is 0 Å². The predicted octanol–water partition coefficient (Wildman–Crippen LogP) is 4.38. The van der Waals surface area contributed by atoms with Crippen LogP contribution in [0.2, 0.25) is 0 Å². The van der Waals surface area contributed by atoms with Gasteiger partial charge in [-0.15, -0.1) is 11.3 Å². The van der Waals surface area contributed by atoms with Gasteiger partial charge in [-0.25, -0.2) is 0 Å². The third-order valence-electron chi connectivity index (χ3n) is 4.39. The van der Waals surface area contributed by atoms with Gasteiger partial charge in [-0.3, -0.25) is 4.79 Å². The summed E-state index contributed by atoms with van der Waals surface area (Å²) < 4.78 is 0. The van der Waals surface area contributed by atoms with Crippen molar-refractivity contribution >= 4 is 17.2 Å². The predicted molar refractivity (Wildman–Crippen MR) is 92.7 cm³/mol. The Bertz CT molecular complexity index is 632. The Hall–Kier alpha value is -1.61. The molecule has 3 heteroatoms. The van der Waals surface area contributed by atoms with E-state index in [1.807, 2.05) is 6.07 Å². The van der Waals surface area contributed by atoms with Crippen molar-refractivity contribution in [2.75, 3.05) is 0 Å². The highest BCUT2D eigenvalue weighted by molar-refractivity contribution is 7.10. The fraction of sp³-hybridized carbons (Fsp3) is 0.421. The van der Waals surface area contributed by atoms with E-state index in [0.29, 0.717) is 0 Å². The maximum absolute atomic E-state index is 12.5. The summed E-state index contributed by atoms with van der Waals surface area (Å²) in [6, 6.07) is 10.7. The van der Waals surface area contributed by atoms with Crippen molar-refractivity contribution in [1.82, 2.24) is 5.32 Å². The normalized spacial score (nSPS) is 15.1. The Balaban J connectivity index is 1.56. The fourth-order valence-electron chi connectivity index (χ4n) is 3.09. The van der Waals surface area contributed by atoms with Gasteiger partial charge in [-0.2, -0.15) is 0 Å². The molecular weight excluding hydrogens is 290 g/mol. The number of hydrogen-bond acceptors (Lipinski definition) is 2. The van der Waals surface area contributed by atoms with Gasteiger partial charge < -0.3 is 5.32 Å². The third-order valence-corrected chi connectivity index (χ3v) is 5.48. The molecule has 1 aromatic carbocycles. The summed E-state index contributed by atoms with van der Waals surface area (Å²) in [7, 11) is 0. The van der Waals surface area contributed by atoms with Crippen molar-refractivity contribution in [2.24, 2.45) is 0 Å². The van der Waals surface area contributed by atoms with Crippen LogP contribution in [-0.4, -0.2) is 11.9 Å². The molecule has 0 spiro atoms. The second-order valence-corrected chi connectivity index (χ2v) is 7.12. The minimum atomic E-state index is 0.111. The maximum atomic E-state index is 12.5. The van der Waals surface area contributed by atoms with E-state index in [0.717, 1.165) is 31.2 Å². The van der Waals surface area contributed by atoms with E-state index in [9.17, 15) is 4.79 Å². The maximum Gasteiger partial charge on any atom is 0.252 e. The Morgan fingerprint density at radius 3 is 2.82 bits per heavy atom. The first-order valence-electron chi connectivity index (χ1n) is 8.18. The van der Waals surface area contributed by atoms with E-state index < -0.39 is 0 Å². The molecule has 0 saturated heterocycles. The van der Waals surface area contributed by atoms with E-state index in [1.165, 1.54) is 28.8 Å². The van der Waals surface area contributed by atoms with Crippen molar-refractivity contribution in [3.63, 3.8) is 0 Å². The average Bonchev–Trinajstić information content (AvgIpc) is 2.98. The Kier molecular flexibility index (Phi) is 4.94. The molecule has 1 atom stereocenters. The highest BCUT2D eigenvalue weighted by atomic mass is 32.1. The van der Waals surface area contributed by atoms with Gasteiger partial charge in [-0.1, -0.05) is 30.3 Å². The number of nitrogens with one attached hydrogen (secondary N) is 1. The first-order valence-corrected chi connectivity index (χ1v) is 9.06. The van der Waals surface area contributed by atoms with Gasteiger partial charge in [0.1, 0.15) is 0 Å². The molecule has 0 saturated carbocycles. The number of hydrogen-bond donors (Lipinski definition) is 1. The van der Waals surface area contributed by atoms with Crippen LogP contribution < -0.4 is 5.32 Å². The molecule has 1 amide bonds. The summed E-state index contributed by atoms with van der Waals surface area (Å²) >= 11 is 1.76. The van der Waals surface area contributed by atoms with Gasteiger partial charge in [0.15, 0.2) is 0 Å². The zero-order valence-corrected chi connectivity index (χ0v) is 13.9. The quantitative estimate of drug-likeness (QED) is 0.872. The summed E-state index contributed by atoms with van der Waals surface area (Å²) in [5, 5.41) is 5.22. The number of aryl methyl sites for hydroxylation is 2. The Morgan fingerprint density at radius 1 is 1.23 bits per heavy atom. The zero-order chi connectivity index (χ0) is 15.4. The van der Waals surface area contributed by atoms with Crippen LogP contribution >= 0.6 is 11.3 Å². The molecular formula is C19H23NOS. The SMILES string of the molecule is CC(CCc1ccccc1)NC(=O)c1csc2c1CCCC2. The molecule has 1 heterocycles. The van der Waals surface area contributed by atoms with E-state index in [-0.39, 0.29) is 11.9 Å². The summed E-state index contributed by atoms with van der Waals surface area (Å²) in [6.45, 7) is 2.10. The highest BCUT2D eigenvalue weighted by Gasteiger charge is 2.20. The number of fused-ring (bicyclic) bond motifs is 1. The Morgan fingerprint density at radius 2 is 2.00 bits per heavy atom. The third kappa shape index (κ3) is 3.58. The standard InChI is InChI=1S/C19H23NOS/c1-14(11-12-15-7-3-2-4-8-15)20-19(21)17-13-22-18-10-6-5-9-16(17)18/h2-4,7-8,13-14H,5-6,9-12H2,1H3,(H,20,21). The molecule has 1 aliphatic carbocycles. The number of thiophene rings is 1. The molecule has 0 aliphatic heterocycles. The minimum Gasteiger partial charge on any atom is -0.350 e. The molecule has 116 valence electrons. The smallest absolute Gasteiger partial charge is 0.252 e. The molecule has 2 nitrogen and oxygen atoms in total. The number of carbonyl (C=O) groups excluding carboxylic acids is 1. The molecule has 1 aromatic heterocycles. The number of rotatable bonds is 5. The molecule has 0 fully saturated rings. The van der Waals surface area contributed by atoms with Gasteiger partial charge in [0.2, 0.25) is 0 Å².